The van der Waals surface area contributed by atoms with Crippen molar-refractivity contribution < 1.29 is 19.0 Å². The molecule has 0 aromatic rings. The zero-order valence-corrected chi connectivity index (χ0v) is 7.12. The van der Waals surface area contributed by atoms with Gasteiger partial charge < -0.3 is 9.84 Å². The molecule has 0 saturated carbocycles. The average molecular weight is 186 g/mol. The van der Waals surface area contributed by atoms with Gasteiger partial charge in [0, 0.05) is 0 Å². The Hall–Kier alpha value is -1.58. The Balaban J connectivity index is 3.98. The van der Waals surface area contributed by atoms with E-state index < -0.39 is 11.8 Å². The summed E-state index contributed by atoms with van der Waals surface area (Å²) in [5.41, 5.74) is 0. The van der Waals surface area contributed by atoms with Crippen LogP contribution in [0.1, 0.15) is 6.42 Å². The highest BCUT2D eigenvalue weighted by Gasteiger charge is 2.03. The molecule has 13 heavy (non-hydrogen) atoms. The summed E-state index contributed by atoms with van der Waals surface area (Å²) >= 11 is 0. The van der Waals surface area contributed by atoms with Gasteiger partial charge in [-0.1, -0.05) is 19.2 Å². The molecule has 0 aliphatic carbocycles. The molecule has 4 heteroatoms. The van der Waals surface area contributed by atoms with Crippen molar-refractivity contribution in [1.29, 1.82) is 0 Å². The Bertz CT molecular complexity index is 243. The van der Waals surface area contributed by atoms with Gasteiger partial charge in [0.25, 0.3) is 0 Å². The van der Waals surface area contributed by atoms with Gasteiger partial charge in [0.2, 0.25) is 0 Å². The van der Waals surface area contributed by atoms with Gasteiger partial charge in [-0.15, -0.1) is 0 Å². The highest BCUT2D eigenvalue weighted by atomic mass is 19.1. The van der Waals surface area contributed by atoms with E-state index in [1.807, 2.05) is 0 Å². The van der Waals surface area contributed by atoms with Crippen molar-refractivity contribution in [2.75, 3.05) is 6.61 Å². The zero-order chi connectivity index (χ0) is 10.3. The average Bonchev–Trinajstić information content (AvgIpc) is 2.02. The van der Waals surface area contributed by atoms with Gasteiger partial charge >= 0.3 is 5.97 Å². The van der Waals surface area contributed by atoms with Gasteiger partial charge in [-0.2, -0.15) is 0 Å². The number of carboxylic acids is 1. The van der Waals surface area contributed by atoms with Crippen LogP contribution in [0.2, 0.25) is 0 Å². The van der Waals surface area contributed by atoms with E-state index >= 15 is 0 Å². The third-order valence-electron chi connectivity index (χ3n) is 1.11. The summed E-state index contributed by atoms with van der Waals surface area (Å²) in [6.07, 6.45) is 2.44. The molecule has 0 aromatic carbocycles. The number of ether oxygens (including phenoxy) is 1. The minimum atomic E-state index is -0.998. The Morgan fingerprint density at radius 1 is 1.62 bits per heavy atom. The van der Waals surface area contributed by atoms with Crippen LogP contribution in [0, 0.1) is 0 Å². The minimum absolute atomic E-state index is 0.0854. The molecular weight excluding hydrogens is 175 g/mol. The molecule has 0 aliphatic heterocycles. The Morgan fingerprint density at radius 2 is 2.23 bits per heavy atom. The Labute approximate surface area is 75.8 Å². The van der Waals surface area contributed by atoms with E-state index in [2.05, 4.69) is 13.2 Å². The second kappa shape index (κ2) is 5.99. The number of rotatable bonds is 6. The Kier molecular flexibility index (Phi) is 5.27. The second-order valence-corrected chi connectivity index (χ2v) is 2.16. The largest absolute Gasteiger partial charge is 0.490 e. The number of hydrogen-bond donors (Lipinski definition) is 1. The number of hydrogen-bond acceptors (Lipinski definition) is 2. The monoisotopic (exact) mass is 186 g/mol. The van der Waals surface area contributed by atoms with Crippen LogP contribution >= 0.6 is 0 Å². The highest BCUT2D eigenvalue weighted by Crippen LogP contribution is 2.10. The predicted molar refractivity (Wildman–Crippen MR) is 46.7 cm³/mol. The molecule has 0 bridgehead atoms. The van der Waals surface area contributed by atoms with Crippen LogP contribution in [0.3, 0.4) is 0 Å². The van der Waals surface area contributed by atoms with Gasteiger partial charge in [0.15, 0.2) is 11.6 Å². The number of carboxylic acid groups (broad SMARTS) is 1. The fourth-order valence-electron chi connectivity index (χ4n) is 0.572. The van der Waals surface area contributed by atoms with Gasteiger partial charge in [0.05, 0.1) is 13.0 Å². The SMILES string of the molecule is C=C/C=C(/OCCC(=O)O)C(=C)F. The predicted octanol–water partition coefficient (Wildman–Crippen LogP) is 2.03. The highest BCUT2D eigenvalue weighted by molar-refractivity contribution is 5.66. The van der Waals surface area contributed by atoms with E-state index in [4.69, 9.17) is 9.84 Å². The molecule has 72 valence electrons. The van der Waals surface area contributed by atoms with Gasteiger partial charge in [-0.25, -0.2) is 4.39 Å². The van der Waals surface area contributed by atoms with Crippen molar-refractivity contribution in [3.05, 3.63) is 36.9 Å². The van der Waals surface area contributed by atoms with Crippen LogP contribution < -0.4 is 0 Å². The van der Waals surface area contributed by atoms with Crippen molar-refractivity contribution in [3.63, 3.8) is 0 Å². The fourth-order valence-corrected chi connectivity index (χ4v) is 0.572. The van der Waals surface area contributed by atoms with Crippen molar-refractivity contribution >= 4 is 5.97 Å². The molecule has 0 spiro atoms. The smallest absolute Gasteiger partial charge is 0.306 e. The molecule has 0 saturated heterocycles. The lowest BCUT2D eigenvalue weighted by Crippen LogP contribution is -2.02. The van der Waals surface area contributed by atoms with Crippen LogP contribution in [0.15, 0.2) is 36.9 Å². The third-order valence-corrected chi connectivity index (χ3v) is 1.11. The Morgan fingerprint density at radius 3 is 2.62 bits per heavy atom. The van der Waals surface area contributed by atoms with Gasteiger partial charge in [-0.3, -0.25) is 4.79 Å². The lowest BCUT2D eigenvalue weighted by atomic mass is 10.4. The summed E-state index contributed by atoms with van der Waals surface area (Å²) in [4.78, 5) is 10.1. The molecule has 1 N–H and O–H groups in total. The molecule has 0 aromatic heterocycles. The summed E-state index contributed by atoms with van der Waals surface area (Å²) in [5, 5.41) is 8.26. The number of halogens is 1. The quantitative estimate of drug-likeness (QED) is 0.510. The molecule has 0 radical (unpaired) electrons. The van der Waals surface area contributed by atoms with Crippen molar-refractivity contribution in [2.45, 2.75) is 6.42 Å². The summed E-state index contributed by atoms with van der Waals surface area (Å²) in [6, 6.07) is 0. The lowest BCUT2D eigenvalue weighted by molar-refractivity contribution is -0.137. The first-order valence-corrected chi connectivity index (χ1v) is 3.60. The maximum atomic E-state index is 12.5. The maximum absolute atomic E-state index is 12.5. The number of carbonyl (C=O) groups is 1. The zero-order valence-electron chi connectivity index (χ0n) is 7.12. The van der Waals surface area contributed by atoms with E-state index in [0.29, 0.717) is 0 Å². The molecular formula is C9H11FO3. The molecule has 0 unspecified atom stereocenters. The standard InChI is InChI=1S/C9H11FO3/c1-3-4-8(7(2)10)13-6-5-9(11)12/h3-4H,1-2,5-6H2,(H,11,12)/b8-4+. The summed E-state index contributed by atoms with van der Waals surface area (Å²) < 4.78 is 17.3. The minimum Gasteiger partial charge on any atom is -0.490 e. The van der Waals surface area contributed by atoms with Gasteiger partial charge in [0.1, 0.15) is 0 Å². The van der Waals surface area contributed by atoms with Crippen molar-refractivity contribution in [3.8, 4) is 0 Å². The van der Waals surface area contributed by atoms with Crippen LogP contribution in [-0.4, -0.2) is 17.7 Å². The first-order chi connectivity index (χ1) is 6.07. The van der Waals surface area contributed by atoms with Crippen LogP contribution in [-0.2, 0) is 9.53 Å². The summed E-state index contributed by atoms with van der Waals surface area (Å²) in [7, 11) is 0. The van der Waals surface area contributed by atoms with E-state index in [9.17, 15) is 9.18 Å². The van der Waals surface area contributed by atoms with E-state index in [1.165, 1.54) is 12.2 Å². The second-order valence-electron chi connectivity index (χ2n) is 2.16. The molecule has 0 heterocycles. The molecule has 0 fully saturated rings. The number of allylic oxidation sites excluding steroid dienone is 3. The van der Waals surface area contributed by atoms with Crippen LogP contribution in [0.25, 0.3) is 0 Å². The maximum Gasteiger partial charge on any atom is 0.306 e. The van der Waals surface area contributed by atoms with E-state index in [0.717, 1.165) is 0 Å². The first-order valence-electron chi connectivity index (χ1n) is 3.60. The first kappa shape index (κ1) is 11.4. The molecule has 0 amide bonds. The lowest BCUT2D eigenvalue weighted by Gasteiger charge is -2.05. The molecule has 0 aliphatic rings. The van der Waals surface area contributed by atoms with Crippen molar-refractivity contribution in [1.82, 2.24) is 0 Å². The van der Waals surface area contributed by atoms with Crippen LogP contribution in [0.4, 0.5) is 4.39 Å². The summed E-state index contributed by atoms with van der Waals surface area (Å²) in [6.45, 7) is 6.28. The van der Waals surface area contributed by atoms with E-state index in [1.54, 1.807) is 0 Å². The normalized spacial score (nSPS) is 10.7. The van der Waals surface area contributed by atoms with E-state index in [-0.39, 0.29) is 18.8 Å². The molecule has 3 nitrogen and oxygen atoms in total. The topological polar surface area (TPSA) is 46.5 Å². The molecule has 0 rings (SSSR count). The molecule has 0 atom stereocenters. The fraction of sp³-hybridized carbons (Fsp3) is 0.222. The third kappa shape index (κ3) is 5.66. The van der Waals surface area contributed by atoms with Crippen molar-refractivity contribution in [2.24, 2.45) is 0 Å². The van der Waals surface area contributed by atoms with Crippen LogP contribution in [0.5, 0.6) is 0 Å². The number of aliphatic carboxylic acids is 1. The summed E-state index contributed by atoms with van der Waals surface area (Å²) in [5.74, 6) is -1.83. The van der Waals surface area contributed by atoms with Gasteiger partial charge in [-0.05, 0) is 6.08 Å².